The van der Waals surface area contributed by atoms with Crippen molar-refractivity contribution in [3.8, 4) is 11.5 Å². The van der Waals surface area contributed by atoms with Gasteiger partial charge in [-0.25, -0.2) is 0 Å². The zero-order valence-corrected chi connectivity index (χ0v) is 16.9. The van der Waals surface area contributed by atoms with Crippen molar-refractivity contribution >= 4 is 12.4 Å². The van der Waals surface area contributed by atoms with Crippen molar-refractivity contribution in [3.63, 3.8) is 0 Å². The number of likely N-dealkylation sites (N-methyl/N-ethyl adjacent to an activating group) is 2. The summed E-state index contributed by atoms with van der Waals surface area (Å²) in [5.74, 6) is 1.44. The first kappa shape index (κ1) is 23.9. The van der Waals surface area contributed by atoms with Crippen molar-refractivity contribution in [2.45, 2.75) is 6.10 Å². The Morgan fingerprint density at radius 1 is 0.880 bits per heavy atom. The molecule has 0 fully saturated rings. The average Bonchev–Trinajstić information content (AvgIpc) is 2.55. The Bertz CT molecular complexity index is 447. The van der Waals surface area contributed by atoms with E-state index >= 15 is 0 Å². The molecule has 0 amide bonds. The normalized spacial score (nSPS) is 12.1. The number of para-hydroxylation sites is 2. The molecule has 25 heavy (non-hydrogen) atoms. The molecule has 1 unspecified atom stereocenters. The molecule has 7 heteroatoms. The second-order valence-corrected chi connectivity index (χ2v) is 6.14. The maximum atomic E-state index is 5.91. The zero-order valence-electron chi connectivity index (χ0n) is 16.1. The van der Waals surface area contributed by atoms with Crippen molar-refractivity contribution < 1.29 is 18.9 Å². The second kappa shape index (κ2) is 14.2. The van der Waals surface area contributed by atoms with Crippen molar-refractivity contribution in [3.05, 3.63) is 24.3 Å². The topological polar surface area (TPSA) is 43.4 Å². The van der Waals surface area contributed by atoms with Crippen LogP contribution in [-0.2, 0) is 9.47 Å². The van der Waals surface area contributed by atoms with E-state index in [0.29, 0.717) is 26.4 Å². The summed E-state index contributed by atoms with van der Waals surface area (Å²) in [5.41, 5.74) is 0. The van der Waals surface area contributed by atoms with Crippen LogP contribution in [0.3, 0.4) is 0 Å². The lowest BCUT2D eigenvalue weighted by Gasteiger charge is -2.21. The van der Waals surface area contributed by atoms with Crippen molar-refractivity contribution in [1.82, 2.24) is 9.80 Å². The Morgan fingerprint density at radius 2 is 1.48 bits per heavy atom. The highest BCUT2D eigenvalue weighted by Crippen LogP contribution is 2.25. The molecule has 0 aliphatic carbocycles. The maximum Gasteiger partial charge on any atom is 0.161 e. The molecule has 0 heterocycles. The SMILES string of the molecule is COc1ccccc1OCC(COCCN(C)C)OCCN(C)C.Cl. The number of methoxy groups -OCH3 is 1. The van der Waals surface area contributed by atoms with Crippen molar-refractivity contribution in [2.75, 3.05) is 74.8 Å². The molecule has 1 rings (SSSR count). The van der Waals surface area contributed by atoms with Crippen molar-refractivity contribution in [2.24, 2.45) is 0 Å². The fourth-order valence-corrected chi connectivity index (χ4v) is 1.93. The quantitative estimate of drug-likeness (QED) is 0.491. The summed E-state index contributed by atoms with van der Waals surface area (Å²) in [4.78, 5) is 4.18. The van der Waals surface area contributed by atoms with Crippen LogP contribution in [0.15, 0.2) is 24.3 Å². The molecule has 0 aliphatic heterocycles. The Kier molecular flexibility index (Phi) is 13.6. The van der Waals surface area contributed by atoms with Crippen LogP contribution >= 0.6 is 12.4 Å². The predicted molar refractivity (Wildman–Crippen MR) is 103 cm³/mol. The van der Waals surface area contributed by atoms with E-state index in [4.69, 9.17) is 18.9 Å². The van der Waals surface area contributed by atoms with Crippen LogP contribution in [0.1, 0.15) is 0 Å². The molecule has 0 radical (unpaired) electrons. The lowest BCUT2D eigenvalue weighted by atomic mass is 10.3. The molecule has 0 bridgehead atoms. The molecule has 1 aromatic rings. The molecule has 1 atom stereocenters. The van der Waals surface area contributed by atoms with Gasteiger partial charge < -0.3 is 28.7 Å². The van der Waals surface area contributed by atoms with Crippen LogP contribution in [-0.4, -0.2) is 90.7 Å². The Morgan fingerprint density at radius 3 is 2.08 bits per heavy atom. The Labute approximate surface area is 158 Å². The van der Waals surface area contributed by atoms with E-state index in [2.05, 4.69) is 9.80 Å². The van der Waals surface area contributed by atoms with E-state index in [9.17, 15) is 0 Å². The Hall–Kier alpha value is -1.05. The van der Waals surface area contributed by atoms with Gasteiger partial charge in [-0.1, -0.05) is 12.1 Å². The van der Waals surface area contributed by atoms with Crippen LogP contribution in [0.25, 0.3) is 0 Å². The highest BCUT2D eigenvalue weighted by molar-refractivity contribution is 5.85. The average molecular weight is 377 g/mol. The van der Waals surface area contributed by atoms with Crippen LogP contribution in [0.4, 0.5) is 0 Å². The monoisotopic (exact) mass is 376 g/mol. The number of nitrogens with zero attached hydrogens (tertiary/aromatic N) is 2. The molecular weight excluding hydrogens is 344 g/mol. The lowest BCUT2D eigenvalue weighted by molar-refractivity contribution is -0.0421. The van der Waals surface area contributed by atoms with Gasteiger partial charge in [0.05, 0.1) is 26.9 Å². The predicted octanol–water partition coefficient (Wildman–Crippen LogP) is 2.02. The molecule has 0 N–H and O–H groups in total. The highest BCUT2D eigenvalue weighted by atomic mass is 35.5. The van der Waals surface area contributed by atoms with Gasteiger partial charge in [0.25, 0.3) is 0 Å². The van der Waals surface area contributed by atoms with E-state index in [1.54, 1.807) is 7.11 Å². The molecule has 0 spiro atoms. The van der Waals surface area contributed by atoms with E-state index in [-0.39, 0.29) is 18.5 Å². The second-order valence-electron chi connectivity index (χ2n) is 6.14. The smallest absolute Gasteiger partial charge is 0.161 e. The molecule has 0 saturated carbocycles. The van der Waals surface area contributed by atoms with Gasteiger partial charge in [-0.2, -0.15) is 0 Å². The first-order chi connectivity index (χ1) is 11.5. The minimum atomic E-state index is -0.114. The molecular formula is C18H33ClN2O4. The summed E-state index contributed by atoms with van der Waals surface area (Å²) < 4.78 is 22.8. The first-order valence-electron chi connectivity index (χ1n) is 8.27. The third-order valence-electron chi connectivity index (χ3n) is 3.37. The maximum absolute atomic E-state index is 5.91. The number of hydrogen-bond donors (Lipinski definition) is 0. The summed E-state index contributed by atoms with van der Waals surface area (Å²) in [6.45, 7) is 4.01. The number of ether oxygens (including phenoxy) is 4. The fraction of sp³-hybridized carbons (Fsp3) is 0.667. The summed E-state index contributed by atoms with van der Waals surface area (Å²) in [7, 11) is 9.74. The molecule has 1 aromatic carbocycles. The van der Waals surface area contributed by atoms with E-state index in [1.165, 1.54) is 0 Å². The van der Waals surface area contributed by atoms with Crippen molar-refractivity contribution in [1.29, 1.82) is 0 Å². The third-order valence-corrected chi connectivity index (χ3v) is 3.37. The standard InChI is InChI=1S/C18H32N2O4.ClH/c1-19(2)10-12-22-14-16(23-13-11-20(3)4)15-24-18-9-7-6-8-17(18)21-5;/h6-9,16H,10-15H2,1-5H3;1H. The minimum Gasteiger partial charge on any atom is -0.493 e. The van der Waals surface area contributed by atoms with Gasteiger partial charge in [0.15, 0.2) is 11.5 Å². The lowest BCUT2D eigenvalue weighted by Crippen LogP contribution is -2.31. The van der Waals surface area contributed by atoms with E-state index in [0.717, 1.165) is 24.6 Å². The third kappa shape index (κ3) is 11.2. The van der Waals surface area contributed by atoms with Crippen LogP contribution in [0.5, 0.6) is 11.5 Å². The van der Waals surface area contributed by atoms with Crippen LogP contribution < -0.4 is 9.47 Å². The summed E-state index contributed by atoms with van der Waals surface area (Å²) >= 11 is 0. The summed E-state index contributed by atoms with van der Waals surface area (Å²) in [5, 5.41) is 0. The summed E-state index contributed by atoms with van der Waals surface area (Å²) in [6.07, 6.45) is -0.114. The molecule has 0 aliphatic rings. The first-order valence-corrected chi connectivity index (χ1v) is 8.27. The molecule has 146 valence electrons. The highest BCUT2D eigenvalue weighted by Gasteiger charge is 2.13. The van der Waals surface area contributed by atoms with Gasteiger partial charge in [0.2, 0.25) is 0 Å². The molecule has 0 saturated heterocycles. The van der Waals surface area contributed by atoms with Crippen LogP contribution in [0, 0.1) is 0 Å². The van der Waals surface area contributed by atoms with Gasteiger partial charge in [-0.15, -0.1) is 12.4 Å². The molecule has 6 nitrogen and oxygen atoms in total. The minimum absolute atomic E-state index is 0. The largest absolute Gasteiger partial charge is 0.493 e. The number of rotatable bonds is 13. The van der Waals surface area contributed by atoms with Gasteiger partial charge in [0.1, 0.15) is 12.7 Å². The molecule has 0 aromatic heterocycles. The zero-order chi connectivity index (χ0) is 17.8. The van der Waals surface area contributed by atoms with Gasteiger partial charge in [0, 0.05) is 13.1 Å². The summed E-state index contributed by atoms with van der Waals surface area (Å²) in [6, 6.07) is 7.61. The van der Waals surface area contributed by atoms with E-state index < -0.39 is 0 Å². The van der Waals surface area contributed by atoms with Gasteiger partial charge in [-0.05, 0) is 40.3 Å². The van der Waals surface area contributed by atoms with E-state index in [1.807, 2.05) is 52.5 Å². The van der Waals surface area contributed by atoms with Gasteiger partial charge >= 0.3 is 0 Å². The fourth-order valence-electron chi connectivity index (χ4n) is 1.93. The number of halogens is 1. The number of hydrogen-bond acceptors (Lipinski definition) is 6. The van der Waals surface area contributed by atoms with Gasteiger partial charge in [-0.3, -0.25) is 0 Å². The number of benzene rings is 1. The Balaban J connectivity index is 0.00000576. The van der Waals surface area contributed by atoms with Crippen LogP contribution in [0.2, 0.25) is 0 Å².